The predicted molar refractivity (Wildman–Crippen MR) is 359 cm³/mol. The molecule has 0 radical (unpaired) electrons. The Bertz CT molecular complexity index is 1790. The summed E-state index contributed by atoms with van der Waals surface area (Å²) in [7, 11) is 5.97. The van der Waals surface area contributed by atoms with Gasteiger partial charge in [0.25, 0.3) is 6.29 Å². The highest BCUT2D eigenvalue weighted by atomic mass is 16.7. The van der Waals surface area contributed by atoms with Crippen molar-refractivity contribution in [3.05, 3.63) is 122 Å². The van der Waals surface area contributed by atoms with Crippen LogP contribution in [-0.2, 0) is 33.3 Å². The lowest BCUT2D eigenvalue weighted by molar-refractivity contribution is -0.870. The Labute approximate surface area is 517 Å². The monoisotopic (exact) mass is 1170 g/mol. The molecule has 0 saturated carbocycles. The summed E-state index contributed by atoms with van der Waals surface area (Å²) < 4.78 is 22.9. The maximum Gasteiger partial charge on any atom is 0.361 e. The lowest BCUT2D eigenvalue weighted by Crippen LogP contribution is -2.40. The first kappa shape index (κ1) is 79.7. The van der Waals surface area contributed by atoms with Crippen molar-refractivity contribution < 1.29 is 42.9 Å². The van der Waals surface area contributed by atoms with E-state index in [1.54, 1.807) is 0 Å². The van der Waals surface area contributed by atoms with Crippen LogP contribution in [0.2, 0.25) is 0 Å². The number of likely N-dealkylation sites (N-methyl/N-ethyl adjacent to an activating group) is 1. The molecule has 2 atom stereocenters. The van der Waals surface area contributed by atoms with Crippen LogP contribution in [0, 0.1) is 0 Å². The highest BCUT2D eigenvalue weighted by molar-refractivity contribution is 5.71. The number of allylic oxidation sites excluding steroid dienone is 20. The van der Waals surface area contributed by atoms with Crippen LogP contribution in [0.5, 0.6) is 0 Å². The zero-order chi connectivity index (χ0) is 61.2. The minimum Gasteiger partial charge on any atom is -0.477 e. The number of rotatable bonds is 62. The molecule has 9 nitrogen and oxygen atoms in total. The van der Waals surface area contributed by atoms with Crippen LogP contribution < -0.4 is 0 Å². The first-order chi connectivity index (χ1) is 41.1. The molecule has 0 aliphatic carbocycles. The number of aliphatic carboxylic acids is 1. The number of carboxylic acid groups (broad SMARTS) is 1. The third-order valence-corrected chi connectivity index (χ3v) is 14.5. The van der Waals surface area contributed by atoms with Crippen molar-refractivity contribution in [3.8, 4) is 0 Å². The third-order valence-electron chi connectivity index (χ3n) is 14.5. The summed E-state index contributed by atoms with van der Waals surface area (Å²) >= 11 is 0. The number of carbonyl (C=O) groups excluding carboxylic acids is 2. The Hall–Kier alpha value is -4.31. The highest BCUT2D eigenvalue weighted by Crippen LogP contribution is 2.17. The minimum absolute atomic E-state index is 0.180. The van der Waals surface area contributed by atoms with Crippen molar-refractivity contribution in [3.63, 3.8) is 0 Å². The van der Waals surface area contributed by atoms with E-state index in [9.17, 15) is 19.5 Å². The Kier molecular flexibility index (Phi) is 61.4. The number of hydrogen-bond acceptors (Lipinski definition) is 7. The molecule has 0 rings (SSSR count). The molecular formula is C75H128NO8+. The van der Waals surface area contributed by atoms with Crippen molar-refractivity contribution in [1.29, 1.82) is 0 Å². The third kappa shape index (κ3) is 65.2. The zero-order valence-corrected chi connectivity index (χ0v) is 54.8. The Morgan fingerprint density at radius 1 is 0.369 bits per heavy atom. The van der Waals surface area contributed by atoms with Crippen LogP contribution in [0.4, 0.5) is 0 Å². The average Bonchev–Trinajstić information content (AvgIpc) is 3.55. The van der Waals surface area contributed by atoms with Gasteiger partial charge in [-0.3, -0.25) is 9.59 Å². The Balaban J connectivity index is 4.21. The van der Waals surface area contributed by atoms with E-state index in [-0.39, 0.29) is 32.2 Å². The fourth-order valence-corrected chi connectivity index (χ4v) is 9.28. The second kappa shape index (κ2) is 64.7. The number of quaternary nitrogens is 1. The molecule has 0 aliphatic heterocycles. The molecule has 0 aromatic rings. The van der Waals surface area contributed by atoms with Crippen LogP contribution in [0.25, 0.3) is 0 Å². The van der Waals surface area contributed by atoms with Crippen molar-refractivity contribution in [2.75, 3.05) is 47.5 Å². The number of ether oxygens (including phenoxy) is 4. The number of hydrogen-bond donors (Lipinski definition) is 1. The van der Waals surface area contributed by atoms with Gasteiger partial charge in [-0.05, 0) is 89.9 Å². The summed E-state index contributed by atoms with van der Waals surface area (Å²) in [5.41, 5.74) is 0. The molecule has 0 bridgehead atoms. The van der Waals surface area contributed by atoms with E-state index in [0.29, 0.717) is 23.9 Å². The van der Waals surface area contributed by atoms with Crippen LogP contribution in [0.1, 0.15) is 277 Å². The smallest absolute Gasteiger partial charge is 0.361 e. The SMILES string of the molecule is CC/C=C\C/C=C\C/C=C\C/C=C\C/C=C\C/C=C\C/C=C\C/C=C\C/C=C\C/C=C\CCCCCCCCC(=O)OC(COC(=O)CCCCCCCCCCCCCCCCCCCCCCCC)COC(OCC[N+](C)(C)C)C(=O)O. The highest BCUT2D eigenvalue weighted by Gasteiger charge is 2.25. The summed E-state index contributed by atoms with van der Waals surface area (Å²) in [6.45, 7) is 4.77. The molecule has 480 valence electrons. The quantitative estimate of drug-likeness (QED) is 0.0211. The maximum absolute atomic E-state index is 12.9. The summed E-state index contributed by atoms with van der Waals surface area (Å²) in [6, 6.07) is 0. The van der Waals surface area contributed by atoms with E-state index in [4.69, 9.17) is 18.9 Å². The molecule has 84 heavy (non-hydrogen) atoms. The number of nitrogens with zero attached hydrogens (tertiary/aromatic N) is 1. The molecule has 0 amide bonds. The number of esters is 2. The van der Waals surface area contributed by atoms with Gasteiger partial charge in [-0.1, -0.05) is 296 Å². The summed E-state index contributed by atoms with van der Waals surface area (Å²) in [4.78, 5) is 37.6. The van der Waals surface area contributed by atoms with Gasteiger partial charge in [0.05, 0.1) is 34.4 Å². The predicted octanol–water partition coefficient (Wildman–Crippen LogP) is 21.2. The van der Waals surface area contributed by atoms with E-state index in [1.807, 2.05) is 21.1 Å². The summed E-state index contributed by atoms with van der Waals surface area (Å²) in [5, 5.41) is 9.74. The van der Waals surface area contributed by atoms with E-state index in [0.717, 1.165) is 122 Å². The summed E-state index contributed by atoms with van der Waals surface area (Å²) in [6.07, 6.45) is 88.7. The minimum atomic E-state index is -1.52. The normalized spacial score (nSPS) is 13.5. The van der Waals surface area contributed by atoms with Crippen molar-refractivity contribution in [2.24, 2.45) is 0 Å². The van der Waals surface area contributed by atoms with Crippen LogP contribution >= 0.6 is 0 Å². The van der Waals surface area contributed by atoms with Gasteiger partial charge in [0.15, 0.2) is 6.10 Å². The van der Waals surface area contributed by atoms with E-state index in [2.05, 4.69) is 135 Å². The number of carboxylic acids is 1. The van der Waals surface area contributed by atoms with Crippen LogP contribution in [0.15, 0.2) is 122 Å². The molecule has 0 aromatic carbocycles. The molecule has 0 aliphatic rings. The van der Waals surface area contributed by atoms with Gasteiger partial charge in [0, 0.05) is 12.8 Å². The largest absolute Gasteiger partial charge is 0.477 e. The molecule has 0 saturated heterocycles. The van der Waals surface area contributed by atoms with Crippen molar-refractivity contribution in [2.45, 2.75) is 289 Å². The maximum atomic E-state index is 12.9. The fraction of sp³-hybridized carbons (Fsp3) is 0.693. The number of unbranched alkanes of at least 4 members (excludes halogenated alkanes) is 27. The van der Waals surface area contributed by atoms with Crippen molar-refractivity contribution in [1.82, 2.24) is 0 Å². The van der Waals surface area contributed by atoms with Gasteiger partial charge >= 0.3 is 17.9 Å². The first-order valence-electron chi connectivity index (χ1n) is 34.2. The average molecular weight is 1170 g/mol. The van der Waals surface area contributed by atoms with Gasteiger partial charge in [-0.15, -0.1) is 0 Å². The molecule has 1 N–H and O–H groups in total. The van der Waals surface area contributed by atoms with Crippen LogP contribution in [0.3, 0.4) is 0 Å². The van der Waals surface area contributed by atoms with Gasteiger partial charge in [-0.2, -0.15) is 0 Å². The first-order valence-corrected chi connectivity index (χ1v) is 34.2. The standard InChI is InChI=1S/C75H127NO8/c1-6-8-10-12-14-16-18-20-22-24-26-28-30-31-32-33-34-35-36-37-38-39-40-41-42-43-44-46-48-50-52-54-56-58-60-62-64-66-73(78)84-71(70-83-75(74(79)80)81-68-67-76(3,4)5)69-82-72(77)65-63-61-59-57-55-53-51-49-47-45-29-27-25-23-21-19-17-15-13-11-9-7-2/h8,10,14,16,20,22,26,28,31-32,34-35,37-38,40-41,43-44,48,50,71,75H,6-7,9,11-13,15,17-19,21,23-25,27,29-30,33,36,39,42,45-47,49,51-70H2,1-5H3/p+1/b10-8-,16-14-,22-20-,28-26-,32-31-,35-34-,38-37-,41-40-,44-43-,50-48-. The van der Waals surface area contributed by atoms with Crippen LogP contribution in [-0.4, -0.2) is 87.4 Å². The molecular weight excluding hydrogens is 1040 g/mol. The Morgan fingerprint density at radius 2 is 0.679 bits per heavy atom. The zero-order valence-electron chi connectivity index (χ0n) is 54.8. The molecule has 0 spiro atoms. The molecule has 0 heterocycles. The second-order valence-electron chi connectivity index (χ2n) is 23.8. The topological polar surface area (TPSA) is 108 Å². The second-order valence-corrected chi connectivity index (χ2v) is 23.8. The van der Waals surface area contributed by atoms with E-state index >= 15 is 0 Å². The van der Waals surface area contributed by atoms with Gasteiger partial charge in [0.1, 0.15) is 13.2 Å². The van der Waals surface area contributed by atoms with Gasteiger partial charge in [-0.25, -0.2) is 4.79 Å². The summed E-state index contributed by atoms with van der Waals surface area (Å²) in [5.74, 6) is -2.02. The molecule has 9 heteroatoms. The van der Waals surface area contributed by atoms with Gasteiger partial charge < -0.3 is 28.5 Å². The molecule has 0 fully saturated rings. The Morgan fingerprint density at radius 3 is 1.01 bits per heavy atom. The van der Waals surface area contributed by atoms with E-state index < -0.39 is 24.3 Å². The fourth-order valence-electron chi connectivity index (χ4n) is 9.28. The lowest BCUT2D eigenvalue weighted by atomic mass is 10.0. The van der Waals surface area contributed by atoms with Gasteiger partial charge in [0.2, 0.25) is 0 Å². The molecule has 2 unspecified atom stereocenters. The lowest BCUT2D eigenvalue weighted by Gasteiger charge is -2.25. The molecule has 0 aromatic heterocycles. The number of carbonyl (C=O) groups is 3. The van der Waals surface area contributed by atoms with Crippen molar-refractivity contribution >= 4 is 17.9 Å². The van der Waals surface area contributed by atoms with E-state index in [1.165, 1.54) is 122 Å².